The van der Waals surface area contributed by atoms with Crippen molar-refractivity contribution < 1.29 is 4.74 Å². The van der Waals surface area contributed by atoms with Gasteiger partial charge >= 0.3 is 0 Å². The zero-order valence-corrected chi connectivity index (χ0v) is 8.79. The van der Waals surface area contributed by atoms with Crippen LogP contribution >= 0.6 is 0 Å². The lowest BCUT2D eigenvalue weighted by molar-refractivity contribution is 0.413. The van der Waals surface area contributed by atoms with E-state index >= 15 is 0 Å². The standard InChI is InChI=1S/C11H10N4O/c1-16-11-6-2-4-9(10(11)8-12)5-3-7-14-15-13/h2-6H,7H2,1H3. The number of hydrogen-bond acceptors (Lipinski definition) is 3. The van der Waals surface area contributed by atoms with Crippen molar-refractivity contribution in [1.82, 2.24) is 0 Å². The van der Waals surface area contributed by atoms with Gasteiger partial charge in [-0.05, 0) is 17.2 Å². The predicted octanol–water partition coefficient (Wildman–Crippen LogP) is 2.89. The van der Waals surface area contributed by atoms with Crippen LogP contribution in [0.15, 0.2) is 29.4 Å². The Balaban J connectivity index is 3.00. The molecule has 0 unspecified atom stereocenters. The normalized spacial score (nSPS) is 9.50. The van der Waals surface area contributed by atoms with Crippen LogP contribution in [-0.2, 0) is 0 Å². The van der Waals surface area contributed by atoms with E-state index in [1.165, 1.54) is 7.11 Å². The van der Waals surface area contributed by atoms with Crippen LogP contribution in [0.4, 0.5) is 0 Å². The lowest BCUT2D eigenvalue weighted by Crippen LogP contribution is -1.90. The number of azide groups is 1. The first kappa shape index (κ1) is 11.6. The molecule has 0 aliphatic heterocycles. The van der Waals surface area contributed by atoms with Crippen LogP contribution in [-0.4, -0.2) is 13.7 Å². The minimum absolute atomic E-state index is 0.262. The Morgan fingerprint density at radius 1 is 1.62 bits per heavy atom. The van der Waals surface area contributed by atoms with Crippen LogP contribution in [0.25, 0.3) is 16.5 Å². The molecule has 0 N–H and O–H groups in total. The minimum Gasteiger partial charge on any atom is -0.495 e. The molecule has 0 aliphatic carbocycles. The highest BCUT2D eigenvalue weighted by molar-refractivity contribution is 5.62. The van der Waals surface area contributed by atoms with Crippen molar-refractivity contribution in [3.63, 3.8) is 0 Å². The third-order valence-electron chi connectivity index (χ3n) is 1.94. The van der Waals surface area contributed by atoms with Crippen molar-refractivity contribution in [2.75, 3.05) is 13.7 Å². The lowest BCUT2D eigenvalue weighted by Gasteiger charge is -2.04. The zero-order chi connectivity index (χ0) is 11.8. The van der Waals surface area contributed by atoms with Gasteiger partial charge in [-0.25, -0.2) is 0 Å². The molecule has 0 aromatic heterocycles. The first-order chi connectivity index (χ1) is 7.83. The number of ether oxygens (including phenoxy) is 1. The van der Waals surface area contributed by atoms with E-state index < -0.39 is 0 Å². The Labute approximate surface area is 93.2 Å². The van der Waals surface area contributed by atoms with E-state index in [2.05, 4.69) is 16.1 Å². The predicted molar refractivity (Wildman–Crippen MR) is 60.8 cm³/mol. The fourth-order valence-electron chi connectivity index (χ4n) is 1.24. The molecule has 0 spiro atoms. The smallest absolute Gasteiger partial charge is 0.137 e. The van der Waals surface area contributed by atoms with Gasteiger partial charge in [-0.15, -0.1) is 0 Å². The SMILES string of the molecule is COc1cccc(C=CCN=[N+]=[N-])c1C#N. The molecule has 0 amide bonds. The maximum Gasteiger partial charge on any atom is 0.137 e. The highest BCUT2D eigenvalue weighted by atomic mass is 16.5. The molecule has 0 bridgehead atoms. The summed E-state index contributed by atoms with van der Waals surface area (Å²) in [7, 11) is 1.52. The van der Waals surface area contributed by atoms with Crippen LogP contribution in [0.2, 0.25) is 0 Å². The molecule has 5 nitrogen and oxygen atoms in total. The summed E-state index contributed by atoms with van der Waals surface area (Å²) in [5.74, 6) is 0.536. The molecular weight excluding hydrogens is 204 g/mol. The average Bonchev–Trinajstić information content (AvgIpc) is 2.34. The first-order valence-corrected chi connectivity index (χ1v) is 4.58. The number of methoxy groups -OCH3 is 1. The van der Waals surface area contributed by atoms with Crippen LogP contribution in [0.1, 0.15) is 11.1 Å². The van der Waals surface area contributed by atoms with Crippen LogP contribution in [0, 0.1) is 11.3 Å². The third kappa shape index (κ3) is 2.77. The van der Waals surface area contributed by atoms with Crippen molar-refractivity contribution in [3.05, 3.63) is 45.8 Å². The van der Waals surface area contributed by atoms with E-state index in [9.17, 15) is 0 Å². The molecule has 80 valence electrons. The fraction of sp³-hybridized carbons (Fsp3) is 0.182. The van der Waals surface area contributed by atoms with Gasteiger partial charge in [0.25, 0.3) is 0 Å². The van der Waals surface area contributed by atoms with Crippen LogP contribution in [0.3, 0.4) is 0 Å². The van der Waals surface area contributed by atoms with Gasteiger partial charge in [0.1, 0.15) is 17.4 Å². The van der Waals surface area contributed by atoms with Crippen molar-refractivity contribution in [1.29, 1.82) is 5.26 Å². The Morgan fingerprint density at radius 2 is 2.44 bits per heavy atom. The molecule has 1 aromatic rings. The zero-order valence-electron chi connectivity index (χ0n) is 8.79. The molecule has 0 aliphatic rings. The quantitative estimate of drug-likeness (QED) is 0.438. The van der Waals surface area contributed by atoms with Gasteiger partial charge in [-0.1, -0.05) is 29.4 Å². The average molecular weight is 214 g/mol. The lowest BCUT2D eigenvalue weighted by atomic mass is 10.1. The molecule has 1 rings (SSSR count). The van der Waals surface area contributed by atoms with E-state index in [0.717, 1.165) is 5.56 Å². The molecule has 1 aromatic carbocycles. The summed E-state index contributed by atoms with van der Waals surface area (Å²) in [5, 5.41) is 12.4. The van der Waals surface area contributed by atoms with Crippen molar-refractivity contribution in [2.45, 2.75) is 0 Å². The summed E-state index contributed by atoms with van der Waals surface area (Å²) < 4.78 is 5.07. The highest BCUT2D eigenvalue weighted by Gasteiger charge is 2.04. The molecule has 5 heteroatoms. The molecule has 16 heavy (non-hydrogen) atoms. The van der Waals surface area contributed by atoms with Crippen LogP contribution in [0.5, 0.6) is 5.75 Å². The van der Waals surface area contributed by atoms with Gasteiger partial charge in [0.15, 0.2) is 0 Å². The van der Waals surface area contributed by atoms with E-state index in [0.29, 0.717) is 11.3 Å². The van der Waals surface area contributed by atoms with E-state index in [4.69, 9.17) is 15.5 Å². The highest BCUT2D eigenvalue weighted by Crippen LogP contribution is 2.21. The Hall–Kier alpha value is -2.44. The Morgan fingerprint density at radius 3 is 3.06 bits per heavy atom. The van der Waals surface area contributed by atoms with Crippen molar-refractivity contribution in [3.8, 4) is 11.8 Å². The monoisotopic (exact) mass is 214 g/mol. The van der Waals surface area contributed by atoms with Gasteiger partial charge in [0, 0.05) is 11.5 Å². The second-order valence-corrected chi connectivity index (χ2v) is 2.85. The Kier molecular flexibility index (Phi) is 4.45. The molecule has 0 saturated heterocycles. The van der Waals surface area contributed by atoms with Crippen LogP contribution < -0.4 is 4.74 Å². The van der Waals surface area contributed by atoms with Gasteiger partial charge < -0.3 is 4.74 Å². The first-order valence-electron chi connectivity index (χ1n) is 4.58. The summed E-state index contributed by atoms with van der Waals surface area (Å²) >= 11 is 0. The molecule has 0 fully saturated rings. The number of benzene rings is 1. The summed E-state index contributed by atoms with van der Waals surface area (Å²) in [4.78, 5) is 2.63. The number of rotatable bonds is 4. The van der Waals surface area contributed by atoms with Gasteiger partial charge in [-0.3, -0.25) is 0 Å². The second kappa shape index (κ2) is 6.12. The number of nitriles is 1. The van der Waals surface area contributed by atoms with Crippen molar-refractivity contribution in [2.24, 2.45) is 5.11 Å². The molecular formula is C11H10N4O. The van der Waals surface area contributed by atoms with E-state index in [1.54, 1.807) is 30.4 Å². The topological polar surface area (TPSA) is 81.8 Å². The molecule has 0 radical (unpaired) electrons. The second-order valence-electron chi connectivity index (χ2n) is 2.85. The van der Waals surface area contributed by atoms with E-state index in [1.807, 2.05) is 0 Å². The number of nitrogens with zero attached hydrogens (tertiary/aromatic N) is 4. The van der Waals surface area contributed by atoms with Crippen molar-refractivity contribution >= 4 is 6.08 Å². The molecule has 0 saturated carbocycles. The summed E-state index contributed by atoms with van der Waals surface area (Å²) in [6.45, 7) is 0.262. The largest absolute Gasteiger partial charge is 0.495 e. The Bertz CT molecular complexity index is 481. The summed E-state index contributed by atoms with van der Waals surface area (Å²) in [5.41, 5.74) is 9.32. The third-order valence-corrected chi connectivity index (χ3v) is 1.94. The summed E-state index contributed by atoms with van der Waals surface area (Å²) in [6, 6.07) is 7.40. The summed E-state index contributed by atoms with van der Waals surface area (Å²) in [6.07, 6.45) is 3.42. The van der Waals surface area contributed by atoms with Gasteiger partial charge in [0.2, 0.25) is 0 Å². The maximum absolute atomic E-state index is 8.99. The number of hydrogen-bond donors (Lipinski definition) is 0. The van der Waals surface area contributed by atoms with Gasteiger partial charge in [-0.2, -0.15) is 5.26 Å². The van der Waals surface area contributed by atoms with E-state index in [-0.39, 0.29) is 6.54 Å². The maximum atomic E-state index is 8.99. The fourth-order valence-corrected chi connectivity index (χ4v) is 1.24. The minimum atomic E-state index is 0.262. The van der Waals surface area contributed by atoms with Gasteiger partial charge in [0.05, 0.1) is 7.11 Å². The molecule has 0 atom stereocenters. The molecule has 0 heterocycles.